The van der Waals surface area contributed by atoms with Crippen LogP contribution < -0.4 is 0 Å². The highest BCUT2D eigenvalue weighted by Gasteiger charge is 2.27. The zero-order valence-electron chi connectivity index (χ0n) is 13.5. The number of hydrogen-bond donors (Lipinski definition) is 1. The van der Waals surface area contributed by atoms with Crippen LogP contribution in [0.2, 0.25) is 0 Å². The second-order valence-corrected chi connectivity index (χ2v) is 6.92. The summed E-state index contributed by atoms with van der Waals surface area (Å²) >= 11 is 5.36. The van der Waals surface area contributed by atoms with Crippen molar-refractivity contribution in [3.05, 3.63) is 22.2 Å². The van der Waals surface area contributed by atoms with Gasteiger partial charge in [0.05, 0.1) is 0 Å². The smallest absolute Gasteiger partial charge is 0.137 e. The van der Waals surface area contributed by atoms with Crippen LogP contribution in [0.5, 0.6) is 0 Å². The van der Waals surface area contributed by atoms with E-state index in [1.165, 1.54) is 37.8 Å². The Bertz CT molecular complexity index is 492. The molecule has 1 fully saturated rings. The molecule has 0 amide bonds. The van der Waals surface area contributed by atoms with Gasteiger partial charge in [-0.1, -0.05) is 45.3 Å². The first-order valence-corrected chi connectivity index (χ1v) is 8.72. The highest BCUT2D eigenvalue weighted by atomic mass is 32.1. The summed E-state index contributed by atoms with van der Waals surface area (Å²) in [4.78, 5) is 8.07. The molecule has 1 aromatic heterocycles. The number of hydrogen-bond acceptors (Lipinski definition) is 3. The van der Waals surface area contributed by atoms with Crippen molar-refractivity contribution in [2.45, 2.75) is 65.4 Å². The number of rotatable bonds is 6. The summed E-state index contributed by atoms with van der Waals surface area (Å²) in [6.07, 6.45) is 7.52. The number of H-pyrrole nitrogens is 1. The van der Waals surface area contributed by atoms with E-state index in [4.69, 9.17) is 17.0 Å². The second-order valence-electron chi connectivity index (χ2n) is 6.50. The van der Waals surface area contributed by atoms with Gasteiger partial charge in [0.2, 0.25) is 0 Å². The lowest BCUT2D eigenvalue weighted by molar-refractivity contribution is -0.000408. The normalized spacial score (nSPS) is 18.1. The molecule has 1 heterocycles. The minimum absolute atomic E-state index is 0.0733. The summed E-state index contributed by atoms with van der Waals surface area (Å²) in [5.41, 5.74) is 1.18. The topological polar surface area (TPSA) is 37.9 Å². The van der Waals surface area contributed by atoms with Crippen molar-refractivity contribution >= 4 is 12.2 Å². The van der Waals surface area contributed by atoms with Gasteiger partial charge in [-0.3, -0.25) is 0 Å². The molecular formula is C17H28N2OS. The molecule has 2 rings (SSSR count). The van der Waals surface area contributed by atoms with Gasteiger partial charge in [-0.05, 0) is 44.1 Å². The Labute approximate surface area is 133 Å². The van der Waals surface area contributed by atoms with Crippen molar-refractivity contribution in [1.82, 2.24) is 9.97 Å². The highest BCUT2D eigenvalue weighted by Crippen LogP contribution is 2.35. The van der Waals surface area contributed by atoms with Crippen molar-refractivity contribution in [2.75, 3.05) is 6.61 Å². The fourth-order valence-corrected chi connectivity index (χ4v) is 3.51. The largest absolute Gasteiger partial charge is 0.370 e. The van der Waals surface area contributed by atoms with E-state index in [0.717, 1.165) is 18.9 Å². The van der Waals surface area contributed by atoms with Crippen molar-refractivity contribution in [3.8, 4) is 0 Å². The van der Waals surface area contributed by atoms with Gasteiger partial charge in [-0.25, -0.2) is 4.98 Å². The van der Waals surface area contributed by atoms with Crippen LogP contribution in [0.4, 0.5) is 0 Å². The van der Waals surface area contributed by atoms with E-state index in [1.54, 1.807) is 0 Å². The van der Waals surface area contributed by atoms with Crippen LogP contribution in [-0.2, 0) is 11.2 Å². The Hall–Kier alpha value is -0.740. The van der Waals surface area contributed by atoms with Crippen LogP contribution in [0, 0.1) is 16.5 Å². The van der Waals surface area contributed by atoms with Crippen LogP contribution in [0.25, 0.3) is 0 Å². The molecule has 0 saturated heterocycles. The van der Waals surface area contributed by atoms with Crippen molar-refractivity contribution in [1.29, 1.82) is 0 Å². The number of ether oxygens (including phenoxy) is 1. The van der Waals surface area contributed by atoms with E-state index < -0.39 is 0 Å². The third-order valence-electron chi connectivity index (χ3n) is 4.14. The summed E-state index contributed by atoms with van der Waals surface area (Å²) in [7, 11) is 0. The molecule has 1 saturated carbocycles. The molecule has 0 radical (unpaired) electrons. The van der Waals surface area contributed by atoms with Crippen LogP contribution >= 0.6 is 12.2 Å². The van der Waals surface area contributed by atoms with Crippen LogP contribution in [-0.4, -0.2) is 16.6 Å². The zero-order valence-corrected chi connectivity index (χ0v) is 14.3. The summed E-state index contributed by atoms with van der Waals surface area (Å²) in [5, 5.41) is 0. The Kier molecular flexibility index (Phi) is 6.37. The van der Waals surface area contributed by atoms with Crippen molar-refractivity contribution < 1.29 is 4.74 Å². The number of nitrogens with one attached hydrogen (secondary N) is 1. The van der Waals surface area contributed by atoms with E-state index in [2.05, 4.69) is 30.7 Å². The summed E-state index contributed by atoms with van der Waals surface area (Å²) in [6, 6.07) is 1.99. The molecule has 1 unspecified atom stereocenters. The second kappa shape index (κ2) is 8.04. The quantitative estimate of drug-likeness (QED) is 0.752. The average Bonchev–Trinajstić information content (AvgIpc) is 2.44. The average molecular weight is 308 g/mol. The maximum Gasteiger partial charge on any atom is 0.137 e. The van der Waals surface area contributed by atoms with Gasteiger partial charge < -0.3 is 9.72 Å². The molecule has 1 aliphatic carbocycles. The van der Waals surface area contributed by atoms with Gasteiger partial charge in [-0.15, -0.1) is 0 Å². The van der Waals surface area contributed by atoms with Crippen LogP contribution in [0.3, 0.4) is 0 Å². The molecular weight excluding hydrogens is 280 g/mol. The lowest BCUT2D eigenvalue weighted by atomic mass is 9.85. The van der Waals surface area contributed by atoms with E-state index >= 15 is 0 Å². The first-order chi connectivity index (χ1) is 10.1. The molecule has 1 atom stereocenters. The number of aromatic nitrogens is 2. The lowest BCUT2D eigenvalue weighted by Gasteiger charge is -2.29. The maximum absolute atomic E-state index is 6.04. The van der Waals surface area contributed by atoms with Gasteiger partial charge in [0.25, 0.3) is 0 Å². The van der Waals surface area contributed by atoms with E-state index in [-0.39, 0.29) is 6.10 Å². The molecule has 0 bridgehead atoms. The zero-order chi connectivity index (χ0) is 15.2. The first-order valence-electron chi connectivity index (χ1n) is 8.32. The van der Waals surface area contributed by atoms with Crippen LogP contribution in [0.15, 0.2) is 6.07 Å². The molecule has 1 aliphatic rings. The number of nitrogens with zero attached hydrogens (tertiary/aromatic N) is 1. The van der Waals surface area contributed by atoms with Crippen molar-refractivity contribution in [3.63, 3.8) is 0 Å². The van der Waals surface area contributed by atoms with E-state index in [9.17, 15) is 0 Å². The lowest BCUT2D eigenvalue weighted by Crippen LogP contribution is -2.22. The van der Waals surface area contributed by atoms with E-state index in [0.29, 0.717) is 16.5 Å². The molecule has 0 aromatic carbocycles. The van der Waals surface area contributed by atoms with Gasteiger partial charge in [-0.2, -0.15) is 0 Å². The Morgan fingerprint density at radius 2 is 2.05 bits per heavy atom. The molecule has 21 heavy (non-hydrogen) atoms. The molecule has 1 N–H and O–H groups in total. The molecule has 0 aliphatic heterocycles. The monoisotopic (exact) mass is 308 g/mol. The predicted molar refractivity (Wildman–Crippen MR) is 88.9 cm³/mol. The Balaban J connectivity index is 2.25. The summed E-state index contributed by atoms with van der Waals surface area (Å²) in [6.45, 7) is 7.22. The minimum atomic E-state index is 0.0733. The predicted octanol–water partition coefficient (Wildman–Crippen LogP) is 5.00. The van der Waals surface area contributed by atoms with Gasteiger partial charge in [0.1, 0.15) is 16.6 Å². The summed E-state index contributed by atoms with van der Waals surface area (Å²) < 4.78 is 6.72. The highest BCUT2D eigenvalue weighted by molar-refractivity contribution is 7.71. The van der Waals surface area contributed by atoms with E-state index in [1.807, 2.05) is 6.07 Å². The Morgan fingerprint density at radius 1 is 1.33 bits per heavy atom. The fraction of sp³-hybridized carbons (Fsp3) is 0.765. The Morgan fingerprint density at radius 3 is 2.67 bits per heavy atom. The SMILES string of the molecule is CCOC(c1nc(=S)cc(CC(C)C)[nH]1)C1CCCCC1. The van der Waals surface area contributed by atoms with Crippen LogP contribution in [0.1, 0.15) is 70.5 Å². The minimum Gasteiger partial charge on any atom is -0.370 e. The molecule has 3 nitrogen and oxygen atoms in total. The summed E-state index contributed by atoms with van der Waals surface area (Å²) in [5.74, 6) is 2.11. The van der Waals surface area contributed by atoms with Gasteiger partial charge in [0.15, 0.2) is 0 Å². The van der Waals surface area contributed by atoms with Gasteiger partial charge in [0, 0.05) is 12.3 Å². The van der Waals surface area contributed by atoms with Crippen molar-refractivity contribution in [2.24, 2.45) is 11.8 Å². The third-order valence-corrected chi connectivity index (χ3v) is 4.35. The number of aromatic amines is 1. The third kappa shape index (κ3) is 4.89. The molecule has 118 valence electrons. The standard InChI is InChI=1S/C17H28N2OS/c1-4-20-16(13-8-6-5-7-9-13)17-18-14(10-12(2)3)11-15(21)19-17/h11-13,16H,4-10H2,1-3H3,(H,18,19,21). The van der Waals surface area contributed by atoms with Gasteiger partial charge >= 0.3 is 0 Å². The first kappa shape index (κ1) is 16.6. The molecule has 4 heteroatoms. The fourth-order valence-electron chi connectivity index (χ4n) is 3.27. The maximum atomic E-state index is 6.04. The molecule has 1 aromatic rings. The molecule has 0 spiro atoms.